The molecule has 3 aromatic rings. The highest BCUT2D eigenvalue weighted by atomic mass is 16.6. The van der Waals surface area contributed by atoms with Gasteiger partial charge in [0.05, 0.1) is 6.61 Å². The van der Waals surface area contributed by atoms with Crippen molar-refractivity contribution in [1.82, 2.24) is 14.8 Å². The van der Waals surface area contributed by atoms with Gasteiger partial charge in [0.1, 0.15) is 18.4 Å². The number of ether oxygens (including phenoxy) is 2. The summed E-state index contributed by atoms with van der Waals surface area (Å²) in [6, 6.07) is 14.8. The van der Waals surface area contributed by atoms with Crippen molar-refractivity contribution in [2.45, 2.75) is 19.6 Å². The number of hydrogen-bond donors (Lipinski definition) is 2. The van der Waals surface area contributed by atoms with Crippen molar-refractivity contribution < 1.29 is 24.2 Å². The molecule has 1 aliphatic rings. The van der Waals surface area contributed by atoms with Gasteiger partial charge in [0.15, 0.2) is 0 Å². The Morgan fingerprint density at radius 1 is 1.09 bits per heavy atom. The molecule has 1 saturated heterocycles. The fourth-order valence-electron chi connectivity index (χ4n) is 4.05. The van der Waals surface area contributed by atoms with E-state index in [-0.39, 0.29) is 6.09 Å². The van der Waals surface area contributed by atoms with Crippen molar-refractivity contribution in [3.05, 3.63) is 65.9 Å². The van der Waals surface area contributed by atoms with Gasteiger partial charge in [-0.2, -0.15) is 0 Å². The van der Waals surface area contributed by atoms with E-state index in [1.54, 1.807) is 18.0 Å². The summed E-state index contributed by atoms with van der Waals surface area (Å²) in [6.07, 6.45) is 1.40. The van der Waals surface area contributed by atoms with Gasteiger partial charge in [-0.15, -0.1) is 0 Å². The Labute approximate surface area is 186 Å². The molecule has 0 radical (unpaired) electrons. The van der Waals surface area contributed by atoms with Crippen LogP contribution in [-0.2, 0) is 16.1 Å². The summed E-state index contributed by atoms with van der Waals surface area (Å²) in [5, 5.41) is 10.8. The van der Waals surface area contributed by atoms with Gasteiger partial charge in [-0.3, -0.25) is 9.69 Å². The molecular formula is C24H27N3O5. The van der Waals surface area contributed by atoms with E-state index in [0.29, 0.717) is 50.7 Å². The van der Waals surface area contributed by atoms with E-state index in [1.165, 1.54) is 0 Å². The van der Waals surface area contributed by atoms with Crippen LogP contribution in [0, 0.1) is 0 Å². The number of nitrogens with one attached hydrogen (secondary N) is 1. The number of rotatable bonds is 7. The summed E-state index contributed by atoms with van der Waals surface area (Å²) in [7, 11) is 0. The highest BCUT2D eigenvalue weighted by Gasteiger charge is 2.33. The van der Waals surface area contributed by atoms with Crippen LogP contribution in [0.4, 0.5) is 4.79 Å². The minimum absolute atomic E-state index is 0.323. The standard InChI is InChI=1S/C24H27N3O5/c1-2-31-24(30)27-12-10-26(11-13-27)22(23(28)29)20-15-25-21-14-18(8-9-19(20)21)32-16-17-6-4-3-5-7-17/h3-9,14-15,22,25H,2,10-13,16H2,1H3,(H,28,29)/t22-/m1/s1. The van der Waals surface area contributed by atoms with E-state index in [0.717, 1.165) is 16.5 Å². The number of piperazine rings is 1. The maximum atomic E-state index is 12.2. The zero-order valence-electron chi connectivity index (χ0n) is 18.0. The highest BCUT2D eigenvalue weighted by molar-refractivity contribution is 5.90. The number of carboxylic acids is 1. The fourth-order valence-corrected chi connectivity index (χ4v) is 4.05. The van der Waals surface area contributed by atoms with Crippen molar-refractivity contribution in [2.75, 3.05) is 32.8 Å². The van der Waals surface area contributed by atoms with E-state index in [1.807, 2.05) is 53.4 Å². The van der Waals surface area contributed by atoms with Crippen molar-refractivity contribution in [1.29, 1.82) is 0 Å². The van der Waals surface area contributed by atoms with Gasteiger partial charge in [0.25, 0.3) is 0 Å². The van der Waals surface area contributed by atoms with E-state index in [9.17, 15) is 14.7 Å². The van der Waals surface area contributed by atoms with E-state index in [4.69, 9.17) is 9.47 Å². The molecule has 2 heterocycles. The highest BCUT2D eigenvalue weighted by Crippen LogP contribution is 2.31. The van der Waals surface area contributed by atoms with Gasteiger partial charge in [-0.05, 0) is 24.6 Å². The zero-order valence-corrected chi connectivity index (χ0v) is 18.0. The minimum atomic E-state index is -0.917. The molecule has 0 bridgehead atoms. The molecule has 1 aromatic heterocycles. The molecule has 8 heteroatoms. The second kappa shape index (κ2) is 9.74. The molecule has 32 heavy (non-hydrogen) atoms. The molecule has 1 aliphatic heterocycles. The van der Waals surface area contributed by atoms with Gasteiger partial charge in [-0.1, -0.05) is 30.3 Å². The summed E-state index contributed by atoms with van der Waals surface area (Å²) >= 11 is 0. The molecule has 0 saturated carbocycles. The van der Waals surface area contributed by atoms with Crippen LogP contribution in [0.1, 0.15) is 24.1 Å². The van der Waals surface area contributed by atoms with Gasteiger partial charge in [0.2, 0.25) is 0 Å². The Hall–Kier alpha value is -3.52. The molecule has 0 spiro atoms. The first-order chi connectivity index (χ1) is 15.6. The number of H-pyrrole nitrogens is 1. The third-order valence-electron chi connectivity index (χ3n) is 5.67. The fraction of sp³-hybridized carbons (Fsp3) is 0.333. The molecule has 0 unspecified atom stereocenters. The second-order valence-electron chi connectivity index (χ2n) is 7.69. The van der Waals surface area contributed by atoms with E-state index < -0.39 is 12.0 Å². The lowest BCUT2D eigenvalue weighted by Gasteiger charge is -2.37. The average molecular weight is 437 g/mol. The first-order valence-corrected chi connectivity index (χ1v) is 10.7. The van der Waals surface area contributed by atoms with E-state index >= 15 is 0 Å². The number of amides is 1. The van der Waals surface area contributed by atoms with Crippen LogP contribution in [0.2, 0.25) is 0 Å². The van der Waals surface area contributed by atoms with Gasteiger partial charge >= 0.3 is 12.1 Å². The number of nitrogens with zero attached hydrogens (tertiary/aromatic N) is 2. The number of carbonyl (C=O) groups excluding carboxylic acids is 1. The van der Waals surface area contributed by atoms with Crippen molar-refractivity contribution in [3.63, 3.8) is 0 Å². The smallest absolute Gasteiger partial charge is 0.409 e. The Morgan fingerprint density at radius 3 is 2.53 bits per heavy atom. The molecule has 1 fully saturated rings. The Kier molecular flexibility index (Phi) is 6.61. The van der Waals surface area contributed by atoms with Crippen LogP contribution >= 0.6 is 0 Å². The number of fused-ring (bicyclic) bond motifs is 1. The summed E-state index contributed by atoms with van der Waals surface area (Å²) in [6.45, 7) is 4.33. The molecular weight excluding hydrogens is 410 g/mol. The number of aromatic amines is 1. The number of hydrogen-bond acceptors (Lipinski definition) is 5. The summed E-state index contributed by atoms with van der Waals surface area (Å²) in [5.74, 6) is -0.204. The van der Waals surface area contributed by atoms with Gasteiger partial charge in [0, 0.05) is 54.9 Å². The van der Waals surface area contributed by atoms with Crippen LogP contribution in [0.25, 0.3) is 10.9 Å². The first kappa shape index (κ1) is 21.7. The Balaban J connectivity index is 1.48. The lowest BCUT2D eigenvalue weighted by molar-refractivity contribution is -0.144. The molecule has 1 atom stereocenters. The lowest BCUT2D eigenvalue weighted by Crippen LogP contribution is -2.51. The number of carbonyl (C=O) groups is 2. The van der Waals surface area contributed by atoms with Gasteiger partial charge < -0.3 is 24.5 Å². The molecule has 8 nitrogen and oxygen atoms in total. The predicted molar refractivity (Wildman–Crippen MR) is 120 cm³/mol. The lowest BCUT2D eigenvalue weighted by atomic mass is 10.0. The maximum absolute atomic E-state index is 12.2. The summed E-state index contributed by atoms with van der Waals surface area (Å²) in [5.41, 5.74) is 2.60. The normalized spacial score (nSPS) is 15.5. The van der Waals surface area contributed by atoms with Crippen molar-refractivity contribution >= 4 is 23.0 Å². The minimum Gasteiger partial charge on any atom is -0.489 e. The third-order valence-corrected chi connectivity index (χ3v) is 5.67. The Morgan fingerprint density at radius 2 is 1.84 bits per heavy atom. The van der Waals surface area contributed by atoms with Crippen LogP contribution in [0.3, 0.4) is 0 Å². The molecule has 2 N–H and O–H groups in total. The van der Waals surface area contributed by atoms with Crippen molar-refractivity contribution in [3.8, 4) is 5.75 Å². The molecule has 0 aliphatic carbocycles. The number of benzene rings is 2. The third kappa shape index (κ3) is 4.70. The molecule has 2 aromatic carbocycles. The predicted octanol–water partition coefficient (Wildman–Crippen LogP) is 3.65. The van der Waals surface area contributed by atoms with Crippen LogP contribution in [-0.4, -0.2) is 64.7 Å². The molecule has 4 rings (SSSR count). The topological polar surface area (TPSA) is 95.1 Å². The summed E-state index contributed by atoms with van der Waals surface area (Å²) in [4.78, 5) is 30.8. The number of aromatic nitrogens is 1. The largest absolute Gasteiger partial charge is 0.489 e. The Bertz CT molecular complexity index is 1070. The average Bonchev–Trinajstić information content (AvgIpc) is 3.22. The van der Waals surface area contributed by atoms with Crippen LogP contribution in [0.5, 0.6) is 5.75 Å². The summed E-state index contributed by atoms with van der Waals surface area (Å²) < 4.78 is 10.9. The molecule has 1 amide bonds. The molecule has 168 valence electrons. The number of carboxylic acid groups (broad SMARTS) is 1. The number of aliphatic carboxylic acids is 1. The second-order valence-corrected chi connectivity index (χ2v) is 7.69. The zero-order chi connectivity index (χ0) is 22.5. The monoisotopic (exact) mass is 437 g/mol. The van der Waals surface area contributed by atoms with Gasteiger partial charge in [-0.25, -0.2) is 4.79 Å². The maximum Gasteiger partial charge on any atom is 0.409 e. The quantitative estimate of drug-likeness (QED) is 0.586. The van der Waals surface area contributed by atoms with Crippen LogP contribution < -0.4 is 4.74 Å². The SMILES string of the molecule is CCOC(=O)N1CCN([C@@H](C(=O)O)c2c[nH]c3cc(OCc4ccccc4)ccc23)CC1. The van der Waals surface area contributed by atoms with Crippen LogP contribution in [0.15, 0.2) is 54.7 Å². The first-order valence-electron chi connectivity index (χ1n) is 10.7. The van der Waals surface area contributed by atoms with E-state index in [2.05, 4.69) is 4.98 Å². The van der Waals surface area contributed by atoms with Crippen molar-refractivity contribution in [2.24, 2.45) is 0 Å².